The highest BCUT2D eigenvalue weighted by atomic mass is 16.5. The van der Waals surface area contributed by atoms with Crippen LogP contribution in [0, 0.1) is 11.8 Å². The summed E-state index contributed by atoms with van der Waals surface area (Å²) in [5.41, 5.74) is -0.878. The molecule has 0 saturated heterocycles. The van der Waals surface area contributed by atoms with Crippen LogP contribution in [0.4, 0.5) is 0 Å². The van der Waals surface area contributed by atoms with Crippen LogP contribution in [0.15, 0.2) is 24.3 Å². The highest BCUT2D eigenvalue weighted by Crippen LogP contribution is 2.37. The van der Waals surface area contributed by atoms with Crippen LogP contribution in [0.1, 0.15) is 71.6 Å². The number of rotatable bonds is 12. The minimum Gasteiger partial charge on any atom is -0.469 e. The lowest BCUT2D eigenvalue weighted by Gasteiger charge is -2.23. The van der Waals surface area contributed by atoms with Crippen LogP contribution < -0.4 is 0 Å². The van der Waals surface area contributed by atoms with Crippen LogP contribution in [0.3, 0.4) is 0 Å². The van der Waals surface area contributed by atoms with Gasteiger partial charge < -0.3 is 20.1 Å². The Labute approximate surface area is 164 Å². The number of aliphatic hydroxyl groups excluding tert-OH is 2. The van der Waals surface area contributed by atoms with Crippen LogP contribution in [-0.2, 0) is 9.53 Å². The van der Waals surface area contributed by atoms with E-state index in [4.69, 9.17) is 0 Å². The van der Waals surface area contributed by atoms with Crippen LogP contribution >= 0.6 is 0 Å². The smallest absolute Gasteiger partial charge is 0.305 e. The molecule has 0 heterocycles. The molecular weight excluding hydrogens is 344 g/mol. The maximum absolute atomic E-state index is 11.1. The van der Waals surface area contributed by atoms with Gasteiger partial charge in [0.1, 0.15) is 0 Å². The molecule has 3 N–H and O–H groups in total. The van der Waals surface area contributed by atoms with Crippen molar-refractivity contribution in [3.63, 3.8) is 0 Å². The van der Waals surface area contributed by atoms with Crippen molar-refractivity contribution in [2.75, 3.05) is 7.11 Å². The lowest BCUT2D eigenvalue weighted by Crippen LogP contribution is -2.24. The maximum atomic E-state index is 11.1. The predicted molar refractivity (Wildman–Crippen MR) is 107 cm³/mol. The Kier molecular flexibility index (Phi) is 10.9. The molecule has 0 bridgehead atoms. The Morgan fingerprint density at radius 3 is 2.59 bits per heavy atom. The van der Waals surface area contributed by atoms with Gasteiger partial charge in [-0.15, -0.1) is 0 Å². The molecule has 0 amide bonds. The van der Waals surface area contributed by atoms with Crippen molar-refractivity contribution in [1.29, 1.82) is 0 Å². The van der Waals surface area contributed by atoms with Crippen molar-refractivity contribution in [2.45, 2.75) is 89.4 Å². The number of aliphatic hydroxyl groups is 3. The Morgan fingerprint density at radius 1 is 1.19 bits per heavy atom. The molecule has 1 fully saturated rings. The van der Waals surface area contributed by atoms with Gasteiger partial charge in [0.2, 0.25) is 0 Å². The summed E-state index contributed by atoms with van der Waals surface area (Å²) >= 11 is 0. The molecular formula is C22H38O5. The van der Waals surface area contributed by atoms with Gasteiger partial charge in [-0.3, -0.25) is 4.79 Å². The topological polar surface area (TPSA) is 87.0 Å². The van der Waals surface area contributed by atoms with Gasteiger partial charge in [0.05, 0.1) is 24.9 Å². The lowest BCUT2D eigenvalue weighted by atomic mass is 9.88. The van der Waals surface area contributed by atoms with E-state index < -0.39 is 17.8 Å². The third-order valence-electron chi connectivity index (χ3n) is 5.43. The van der Waals surface area contributed by atoms with E-state index in [9.17, 15) is 20.1 Å². The number of hydrogen-bond acceptors (Lipinski definition) is 5. The van der Waals surface area contributed by atoms with Gasteiger partial charge in [0, 0.05) is 18.8 Å². The van der Waals surface area contributed by atoms with Gasteiger partial charge in [0.25, 0.3) is 0 Å². The maximum Gasteiger partial charge on any atom is 0.305 e. The van der Waals surface area contributed by atoms with E-state index in [2.05, 4.69) is 11.7 Å². The summed E-state index contributed by atoms with van der Waals surface area (Å²) in [5.74, 6) is -0.411. The highest BCUT2D eigenvalue weighted by Gasteiger charge is 2.39. The molecule has 5 nitrogen and oxygen atoms in total. The van der Waals surface area contributed by atoms with Gasteiger partial charge in [-0.1, -0.05) is 50.5 Å². The summed E-state index contributed by atoms with van der Waals surface area (Å²) < 4.78 is 4.61. The summed E-state index contributed by atoms with van der Waals surface area (Å²) in [7, 11) is 1.39. The van der Waals surface area contributed by atoms with Crippen molar-refractivity contribution in [3.8, 4) is 0 Å². The average molecular weight is 383 g/mol. The molecule has 5 heteroatoms. The Bertz CT molecular complexity index is 483. The molecule has 0 radical (unpaired) electrons. The number of unbranched alkanes of at least 4 members (excludes halogenated alkanes) is 3. The zero-order valence-corrected chi connectivity index (χ0v) is 17.1. The van der Waals surface area contributed by atoms with E-state index in [1.807, 2.05) is 18.2 Å². The minimum absolute atomic E-state index is 0.0560. The fraction of sp³-hybridized carbons (Fsp3) is 0.773. The first-order chi connectivity index (χ1) is 12.8. The summed E-state index contributed by atoms with van der Waals surface area (Å²) in [6, 6.07) is 0. The van der Waals surface area contributed by atoms with Gasteiger partial charge in [-0.05, 0) is 38.5 Å². The second-order valence-electron chi connectivity index (χ2n) is 7.96. The van der Waals surface area contributed by atoms with E-state index in [0.717, 1.165) is 32.1 Å². The van der Waals surface area contributed by atoms with Crippen molar-refractivity contribution < 1.29 is 24.9 Å². The second kappa shape index (κ2) is 12.3. The fourth-order valence-corrected chi connectivity index (χ4v) is 3.68. The molecule has 0 aromatic rings. The summed E-state index contributed by atoms with van der Waals surface area (Å²) in [6.07, 6.45) is 13.4. The van der Waals surface area contributed by atoms with Gasteiger partial charge in [-0.25, -0.2) is 0 Å². The fourth-order valence-electron chi connectivity index (χ4n) is 3.68. The molecule has 1 rings (SSSR count). The van der Waals surface area contributed by atoms with E-state index >= 15 is 0 Å². The molecule has 0 aromatic heterocycles. The van der Waals surface area contributed by atoms with Crippen LogP contribution in [0.25, 0.3) is 0 Å². The molecule has 5 atom stereocenters. The van der Waals surface area contributed by atoms with Crippen molar-refractivity contribution in [1.82, 2.24) is 0 Å². The monoisotopic (exact) mass is 382 g/mol. The highest BCUT2D eigenvalue weighted by molar-refractivity contribution is 5.69. The van der Waals surface area contributed by atoms with Crippen molar-refractivity contribution >= 4 is 5.97 Å². The molecule has 5 unspecified atom stereocenters. The molecule has 1 aliphatic rings. The average Bonchev–Trinajstić information content (AvgIpc) is 2.89. The van der Waals surface area contributed by atoms with Crippen molar-refractivity contribution in [3.05, 3.63) is 24.3 Å². The number of allylic oxidation sites excluding steroid dienone is 2. The Hall–Kier alpha value is -1.17. The van der Waals surface area contributed by atoms with Gasteiger partial charge in [0.15, 0.2) is 0 Å². The standard InChI is InChI=1S/C22H38O5/c1-4-5-10-14-22(2,26)15-13-18-17(19(23)16-20(18)24)11-8-6-7-9-12-21(25)27-3/h6,8,13,15,17-20,23-24,26H,4-5,7,9-12,14,16H2,1-3H3/b8-6+,15-13+. The molecule has 0 aliphatic heterocycles. The minimum atomic E-state index is -0.878. The molecule has 156 valence electrons. The lowest BCUT2D eigenvalue weighted by molar-refractivity contribution is -0.140. The van der Waals surface area contributed by atoms with E-state index in [1.54, 1.807) is 13.0 Å². The van der Waals surface area contributed by atoms with E-state index in [-0.39, 0.29) is 17.8 Å². The number of carbonyl (C=O) groups is 1. The second-order valence-corrected chi connectivity index (χ2v) is 7.96. The zero-order chi connectivity index (χ0) is 20.3. The van der Waals surface area contributed by atoms with Crippen LogP contribution in [0.2, 0.25) is 0 Å². The Balaban J connectivity index is 2.54. The van der Waals surface area contributed by atoms with Crippen molar-refractivity contribution in [2.24, 2.45) is 11.8 Å². The molecule has 27 heavy (non-hydrogen) atoms. The van der Waals surface area contributed by atoms with E-state index in [0.29, 0.717) is 25.7 Å². The van der Waals surface area contributed by atoms with Gasteiger partial charge >= 0.3 is 5.97 Å². The first kappa shape index (κ1) is 23.9. The SMILES string of the molecule is CCCCCC(C)(O)/C=C/C1C(O)CC(O)C1C/C=C/CCCC(=O)OC. The zero-order valence-electron chi connectivity index (χ0n) is 17.1. The third kappa shape index (κ3) is 9.04. The predicted octanol–water partition coefficient (Wildman–Crippen LogP) is 3.52. The van der Waals surface area contributed by atoms with E-state index in [1.165, 1.54) is 7.11 Å². The number of ether oxygens (including phenoxy) is 1. The normalized spacial score (nSPS) is 28.1. The third-order valence-corrected chi connectivity index (χ3v) is 5.43. The number of methoxy groups -OCH3 is 1. The van der Waals surface area contributed by atoms with Gasteiger partial charge in [-0.2, -0.15) is 0 Å². The molecule has 0 spiro atoms. The molecule has 1 aliphatic carbocycles. The number of carbonyl (C=O) groups excluding carboxylic acids is 1. The molecule has 1 saturated carbocycles. The molecule has 0 aromatic carbocycles. The first-order valence-corrected chi connectivity index (χ1v) is 10.3. The summed E-state index contributed by atoms with van der Waals surface area (Å²) in [4.78, 5) is 11.1. The first-order valence-electron chi connectivity index (χ1n) is 10.3. The number of esters is 1. The quantitative estimate of drug-likeness (QED) is 0.273. The summed E-state index contributed by atoms with van der Waals surface area (Å²) in [5, 5.41) is 31.1. The Morgan fingerprint density at radius 2 is 1.93 bits per heavy atom. The number of hydrogen-bond donors (Lipinski definition) is 3. The largest absolute Gasteiger partial charge is 0.469 e. The van der Waals surface area contributed by atoms with Crippen LogP contribution in [-0.4, -0.2) is 46.2 Å². The van der Waals surface area contributed by atoms with Crippen LogP contribution in [0.5, 0.6) is 0 Å². The summed E-state index contributed by atoms with van der Waals surface area (Å²) in [6.45, 7) is 3.93.